The van der Waals surface area contributed by atoms with Gasteiger partial charge in [0, 0.05) is 18.0 Å². The number of nitrogens with zero attached hydrogens (tertiary/aromatic N) is 1. The molecule has 0 bridgehead atoms. The molecular weight excluding hydrogens is 186 g/mol. The first-order chi connectivity index (χ1) is 7.16. The Bertz CT molecular complexity index is 517. The first-order valence-corrected chi connectivity index (χ1v) is 4.84. The van der Waals surface area contributed by atoms with Crippen molar-refractivity contribution in [1.82, 2.24) is 4.98 Å². The summed E-state index contributed by atoms with van der Waals surface area (Å²) in [4.78, 5) is 4.38. The van der Waals surface area contributed by atoms with Crippen molar-refractivity contribution in [3.63, 3.8) is 0 Å². The highest BCUT2D eigenvalue weighted by molar-refractivity contribution is 5.88. The van der Waals surface area contributed by atoms with Crippen LogP contribution < -0.4 is 5.73 Å². The lowest BCUT2D eigenvalue weighted by Crippen LogP contribution is -2.13. The van der Waals surface area contributed by atoms with Crippen LogP contribution in [0.2, 0.25) is 0 Å². The topological polar surface area (TPSA) is 62.8 Å². The number of rotatable bonds is 2. The van der Waals surface area contributed by atoms with Crippen molar-refractivity contribution in [1.29, 1.82) is 5.41 Å². The van der Waals surface area contributed by atoms with E-state index in [1.165, 1.54) is 0 Å². The molecule has 0 unspecified atom stereocenters. The van der Waals surface area contributed by atoms with E-state index in [4.69, 9.17) is 11.1 Å². The molecule has 0 spiro atoms. The summed E-state index contributed by atoms with van der Waals surface area (Å²) in [6, 6.07) is 8.05. The van der Waals surface area contributed by atoms with Gasteiger partial charge in [0.05, 0.1) is 11.4 Å². The normalized spacial score (nSPS) is 10.5. The van der Waals surface area contributed by atoms with Crippen molar-refractivity contribution in [3.05, 3.63) is 41.6 Å². The first-order valence-electron chi connectivity index (χ1n) is 4.84. The number of nitrogens with one attached hydrogen (secondary N) is 1. The minimum Gasteiger partial charge on any atom is -0.387 e. The van der Waals surface area contributed by atoms with Crippen LogP contribution in [0, 0.1) is 12.3 Å². The second-order valence-electron chi connectivity index (χ2n) is 3.70. The van der Waals surface area contributed by atoms with E-state index < -0.39 is 0 Å². The van der Waals surface area contributed by atoms with Crippen LogP contribution in [0.25, 0.3) is 10.9 Å². The molecule has 0 amide bonds. The maximum atomic E-state index is 7.30. The third kappa shape index (κ3) is 1.96. The Morgan fingerprint density at radius 1 is 1.47 bits per heavy atom. The van der Waals surface area contributed by atoms with E-state index in [1.807, 2.05) is 31.3 Å². The molecule has 0 saturated heterocycles. The Balaban J connectivity index is 2.60. The highest BCUT2D eigenvalue weighted by atomic mass is 14.7. The molecule has 2 rings (SSSR count). The number of aromatic nitrogens is 1. The van der Waals surface area contributed by atoms with E-state index in [-0.39, 0.29) is 5.84 Å². The Morgan fingerprint density at radius 2 is 2.27 bits per heavy atom. The van der Waals surface area contributed by atoms with Crippen LogP contribution in [-0.4, -0.2) is 10.8 Å². The number of hydrogen-bond acceptors (Lipinski definition) is 2. The predicted molar refractivity (Wildman–Crippen MR) is 62.1 cm³/mol. The summed E-state index contributed by atoms with van der Waals surface area (Å²) in [5, 5.41) is 8.40. The number of hydrogen-bond donors (Lipinski definition) is 2. The SMILES string of the molecule is Cc1cnc2c(CC(=N)N)cccc2c1. The van der Waals surface area contributed by atoms with E-state index >= 15 is 0 Å². The van der Waals surface area contributed by atoms with Gasteiger partial charge in [0.2, 0.25) is 0 Å². The monoisotopic (exact) mass is 199 g/mol. The minimum atomic E-state index is 0.171. The fourth-order valence-electron chi connectivity index (χ4n) is 1.68. The second kappa shape index (κ2) is 3.69. The Labute approximate surface area is 88.5 Å². The summed E-state index contributed by atoms with van der Waals surface area (Å²) < 4.78 is 0. The summed E-state index contributed by atoms with van der Waals surface area (Å²) in [6.45, 7) is 2.02. The van der Waals surface area contributed by atoms with Crippen LogP contribution in [-0.2, 0) is 6.42 Å². The number of aryl methyl sites for hydroxylation is 1. The number of para-hydroxylation sites is 1. The van der Waals surface area contributed by atoms with Crippen LogP contribution in [0.1, 0.15) is 11.1 Å². The van der Waals surface area contributed by atoms with Crippen molar-refractivity contribution in [2.45, 2.75) is 13.3 Å². The minimum absolute atomic E-state index is 0.171. The molecule has 0 atom stereocenters. The van der Waals surface area contributed by atoms with Gasteiger partial charge in [-0.05, 0) is 24.1 Å². The van der Waals surface area contributed by atoms with Gasteiger partial charge in [-0.25, -0.2) is 0 Å². The summed E-state index contributed by atoms with van der Waals surface area (Å²) in [6.07, 6.45) is 2.30. The number of pyridine rings is 1. The zero-order chi connectivity index (χ0) is 10.8. The van der Waals surface area contributed by atoms with Gasteiger partial charge in [-0.1, -0.05) is 18.2 Å². The smallest absolute Gasteiger partial charge is 0.0950 e. The Kier molecular flexibility index (Phi) is 2.37. The summed E-state index contributed by atoms with van der Waals surface area (Å²) >= 11 is 0. The van der Waals surface area contributed by atoms with E-state index in [9.17, 15) is 0 Å². The van der Waals surface area contributed by atoms with Crippen molar-refractivity contribution in [2.24, 2.45) is 5.73 Å². The van der Waals surface area contributed by atoms with E-state index in [2.05, 4.69) is 11.1 Å². The first kappa shape index (κ1) is 9.65. The van der Waals surface area contributed by atoms with E-state index in [0.29, 0.717) is 6.42 Å². The average molecular weight is 199 g/mol. The standard InChI is InChI=1S/C12H13N3/c1-8-5-9-3-2-4-10(6-11(13)14)12(9)15-7-8/h2-5,7H,6H2,1H3,(H3,13,14). The van der Waals surface area contributed by atoms with Crippen molar-refractivity contribution in [2.75, 3.05) is 0 Å². The molecule has 1 aromatic carbocycles. The molecule has 1 heterocycles. The van der Waals surface area contributed by atoms with Crippen LogP contribution in [0.3, 0.4) is 0 Å². The number of fused-ring (bicyclic) bond motifs is 1. The van der Waals surface area contributed by atoms with Crippen molar-refractivity contribution < 1.29 is 0 Å². The lowest BCUT2D eigenvalue weighted by molar-refractivity contribution is 1.23. The molecular formula is C12H13N3. The van der Waals surface area contributed by atoms with Crippen molar-refractivity contribution in [3.8, 4) is 0 Å². The molecule has 0 aliphatic heterocycles. The lowest BCUT2D eigenvalue weighted by atomic mass is 10.1. The second-order valence-corrected chi connectivity index (χ2v) is 3.70. The van der Waals surface area contributed by atoms with Gasteiger partial charge in [0.25, 0.3) is 0 Å². The van der Waals surface area contributed by atoms with Crippen LogP contribution in [0.4, 0.5) is 0 Å². The van der Waals surface area contributed by atoms with Crippen LogP contribution in [0.15, 0.2) is 30.5 Å². The van der Waals surface area contributed by atoms with Gasteiger partial charge < -0.3 is 5.73 Å². The molecule has 3 heteroatoms. The molecule has 0 fully saturated rings. The molecule has 1 aromatic heterocycles. The van der Waals surface area contributed by atoms with Crippen LogP contribution in [0.5, 0.6) is 0 Å². The third-order valence-corrected chi connectivity index (χ3v) is 2.31. The fourth-order valence-corrected chi connectivity index (χ4v) is 1.68. The number of benzene rings is 1. The molecule has 0 aliphatic carbocycles. The van der Waals surface area contributed by atoms with E-state index in [0.717, 1.165) is 22.0 Å². The van der Waals surface area contributed by atoms with Gasteiger partial charge >= 0.3 is 0 Å². The zero-order valence-electron chi connectivity index (χ0n) is 8.62. The van der Waals surface area contributed by atoms with Crippen LogP contribution >= 0.6 is 0 Å². The highest BCUT2D eigenvalue weighted by Gasteiger charge is 2.03. The Morgan fingerprint density at radius 3 is 3.00 bits per heavy atom. The highest BCUT2D eigenvalue weighted by Crippen LogP contribution is 2.17. The van der Waals surface area contributed by atoms with Crippen molar-refractivity contribution >= 4 is 16.7 Å². The number of nitrogens with two attached hydrogens (primary N) is 1. The quantitative estimate of drug-likeness (QED) is 0.574. The third-order valence-electron chi connectivity index (χ3n) is 2.31. The average Bonchev–Trinajstić information content (AvgIpc) is 2.16. The summed E-state index contributed by atoms with van der Waals surface area (Å²) in [7, 11) is 0. The maximum Gasteiger partial charge on any atom is 0.0950 e. The molecule has 15 heavy (non-hydrogen) atoms. The fraction of sp³-hybridized carbons (Fsp3) is 0.167. The zero-order valence-corrected chi connectivity index (χ0v) is 8.62. The van der Waals surface area contributed by atoms with Gasteiger partial charge in [-0.2, -0.15) is 0 Å². The largest absolute Gasteiger partial charge is 0.387 e. The lowest BCUT2D eigenvalue weighted by Gasteiger charge is -2.05. The molecule has 0 aliphatic rings. The predicted octanol–water partition coefficient (Wildman–Crippen LogP) is 2.02. The molecule has 3 nitrogen and oxygen atoms in total. The van der Waals surface area contributed by atoms with E-state index in [1.54, 1.807) is 0 Å². The maximum absolute atomic E-state index is 7.30. The van der Waals surface area contributed by atoms with Gasteiger partial charge in [0.15, 0.2) is 0 Å². The molecule has 76 valence electrons. The summed E-state index contributed by atoms with van der Waals surface area (Å²) in [5.74, 6) is 0.171. The molecule has 0 saturated carbocycles. The number of amidine groups is 1. The Hall–Kier alpha value is -1.90. The molecule has 0 radical (unpaired) electrons. The van der Waals surface area contributed by atoms with Gasteiger partial charge in [0.1, 0.15) is 0 Å². The van der Waals surface area contributed by atoms with Gasteiger partial charge in [-0.3, -0.25) is 10.4 Å². The van der Waals surface area contributed by atoms with Gasteiger partial charge in [-0.15, -0.1) is 0 Å². The molecule has 3 N–H and O–H groups in total. The summed E-state index contributed by atoms with van der Waals surface area (Å²) in [5.41, 5.74) is 8.50. The molecule has 2 aromatic rings.